The largest absolute Gasteiger partial charge is 0.507 e. The summed E-state index contributed by atoms with van der Waals surface area (Å²) >= 11 is 7.24. The van der Waals surface area contributed by atoms with Gasteiger partial charge in [-0.2, -0.15) is 5.10 Å². The normalized spacial score (nSPS) is 12.3. The van der Waals surface area contributed by atoms with Gasteiger partial charge in [-0.3, -0.25) is 4.79 Å². The fourth-order valence-electron chi connectivity index (χ4n) is 1.62. The average molecular weight is 335 g/mol. The van der Waals surface area contributed by atoms with Crippen LogP contribution in [0.1, 0.15) is 12.5 Å². The number of hydrogen-bond donors (Lipinski definition) is 2. The molecule has 2 rings (SSSR count). The standard InChI is InChI=1S/C16H15ClN2O2S/c1-11(22-14-8-6-13(17)7-9-14)16(21)19-18-10-12-4-2-3-5-15(12)20/h2-11,20H,1H3,(H,19,21)/b18-10+/t11-/m1/s1. The third kappa shape index (κ3) is 4.79. The Labute approximate surface area is 138 Å². The number of carbonyl (C=O) groups is 1. The number of aromatic hydroxyl groups is 1. The van der Waals surface area contributed by atoms with E-state index in [4.69, 9.17) is 11.6 Å². The van der Waals surface area contributed by atoms with E-state index in [2.05, 4.69) is 10.5 Å². The van der Waals surface area contributed by atoms with E-state index in [0.29, 0.717) is 10.6 Å². The highest BCUT2D eigenvalue weighted by Gasteiger charge is 2.13. The zero-order chi connectivity index (χ0) is 15.9. The Bertz CT molecular complexity index is 674. The van der Waals surface area contributed by atoms with Crippen molar-refractivity contribution in [2.24, 2.45) is 5.10 Å². The molecule has 0 heterocycles. The molecule has 0 aliphatic heterocycles. The molecule has 2 N–H and O–H groups in total. The van der Waals surface area contributed by atoms with E-state index >= 15 is 0 Å². The van der Waals surface area contributed by atoms with E-state index in [0.717, 1.165) is 4.90 Å². The van der Waals surface area contributed by atoms with Crippen LogP contribution >= 0.6 is 23.4 Å². The molecule has 0 fully saturated rings. The van der Waals surface area contributed by atoms with Crippen molar-refractivity contribution >= 4 is 35.5 Å². The van der Waals surface area contributed by atoms with Crippen LogP contribution < -0.4 is 5.43 Å². The van der Waals surface area contributed by atoms with E-state index in [1.54, 1.807) is 43.3 Å². The van der Waals surface area contributed by atoms with Crippen LogP contribution in [0.25, 0.3) is 0 Å². The number of rotatable bonds is 5. The first-order chi connectivity index (χ1) is 10.6. The number of para-hydroxylation sites is 1. The molecule has 0 aliphatic rings. The molecule has 0 radical (unpaired) electrons. The van der Waals surface area contributed by atoms with Crippen LogP contribution in [-0.4, -0.2) is 22.5 Å². The molecule has 6 heteroatoms. The minimum atomic E-state index is -0.303. The van der Waals surface area contributed by atoms with E-state index in [9.17, 15) is 9.90 Å². The molecule has 0 saturated heterocycles. The first-order valence-corrected chi connectivity index (χ1v) is 7.85. The van der Waals surface area contributed by atoms with Crippen LogP contribution in [-0.2, 0) is 4.79 Å². The van der Waals surface area contributed by atoms with Crippen LogP contribution in [0.4, 0.5) is 0 Å². The van der Waals surface area contributed by atoms with Crippen LogP contribution in [0.2, 0.25) is 5.02 Å². The fraction of sp³-hybridized carbons (Fsp3) is 0.125. The lowest BCUT2D eigenvalue weighted by Gasteiger charge is -2.09. The molecule has 22 heavy (non-hydrogen) atoms. The lowest BCUT2D eigenvalue weighted by molar-refractivity contribution is -0.120. The SMILES string of the molecule is C[C@@H](Sc1ccc(Cl)cc1)C(=O)N/N=C/c1ccccc1O. The molecule has 0 saturated carbocycles. The quantitative estimate of drug-likeness (QED) is 0.498. The van der Waals surface area contributed by atoms with Crippen LogP contribution in [0.15, 0.2) is 58.5 Å². The number of hydrazone groups is 1. The van der Waals surface area contributed by atoms with Gasteiger partial charge in [-0.1, -0.05) is 23.7 Å². The Kier molecular flexibility index (Phi) is 5.86. The molecule has 2 aromatic rings. The number of halogens is 1. The molecular formula is C16H15ClN2O2S. The number of benzene rings is 2. The van der Waals surface area contributed by atoms with Crippen LogP contribution in [0.3, 0.4) is 0 Å². The summed E-state index contributed by atoms with van der Waals surface area (Å²) in [5.41, 5.74) is 3.00. The van der Waals surface area contributed by atoms with Gasteiger partial charge in [0.2, 0.25) is 0 Å². The minimum absolute atomic E-state index is 0.115. The van der Waals surface area contributed by atoms with Gasteiger partial charge in [-0.15, -0.1) is 11.8 Å². The first kappa shape index (κ1) is 16.4. The lowest BCUT2D eigenvalue weighted by Crippen LogP contribution is -2.26. The first-order valence-electron chi connectivity index (χ1n) is 6.59. The van der Waals surface area contributed by atoms with Gasteiger partial charge in [-0.05, 0) is 43.3 Å². The highest BCUT2D eigenvalue weighted by atomic mass is 35.5. The number of phenols is 1. The molecule has 114 valence electrons. The summed E-state index contributed by atoms with van der Waals surface area (Å²) < 4.78 is 0. The molecule has 0 spiro atoms. The predicted octanol–water partition coefficient (Wildman–Crippen LogP) is 3.68. The zero-order valence-corrected chi connectivity index (χ0v) is 13.4. The highest BCUT2D eigenvalue weighted by molar-refractivity contribution is 8.00. The smallest absolute Gasteiger partial charge is 0.253 e. The van der Waals surface area contributed by atoms with Gasteiger partial charge < -0.3 is 5.11 Å². The summed E-state index contributed by atoms with van der Waals surface area (Å²) in [5, 5.41) is 13.8. The molecule has 0 aliphatic carbocycles. The summed E-state index contributed by atoms with van der Waals surface area (Å²) in [5.74, 6) is -0.101. The highest BCUT2D eigenvalue weighted by Crippen LogP contribution is 2.24. The maximum atomic E-state index is 12.0. The van der Waals surface area contributed by atoms with Gasteiger partial charge in [0.15, 0.2) is 0 Å². The summed E-state index contributed by atoms with van der Waals surface area (Å²) in [6.45, 7) is 1.80. The number of thioether (sulfide) groups is 1. The lowest BCUT2D eigenvalue weighted by atomic mass is 10.2. The maximum absolute atomic E-state index is 12.0. The van der Waals surface area contributed by atoms with Crippen molar-refractivity contribution in [1.82, 2.24) is 5.43 Å². The van der Waals surface area contributed by atoms with Crippen molar-refractivity contribution < 1.29 is 9.90 Å². The predicted molar refractivity (Wildman–Crippen MR) is 90.6 cm³/mol. The monoisotopic (exact) mass is 334 g/mol. The Morgan fingerprint density at radius 3 is 2.64 bits per heavy atom. The molecule has 2 aromatic carbocycles. The molecule has 1 amide bonds. The van der Waals surface area contributed by atoms with Crippen molar-refractivity contribution in [3.05, 3.63) is 59.1 Å². The summed E-state index contributed by atoms with van der Waals surface area (Å²) in [7, 11) is 0. The van der Waals surface area contributed by atoms with Crippen molar-refractivity contribution in [2.45, 2.75) is 17.1 Å². The van der Waals surface area contributed by atoms with Gasteiger partial charge in [0.05, 0.1) is 11.5 Å². The second-order valence-corrected chi connectivity index (χ2v) is 6.36. The van der Waals surface area contributed by atoms with E-state index < -0.39 is 0 Å². The Morgan fingerprint density at radius 2 is 1.95 bits per heavy atom. The van der Waals surface area contributed by atoms with E-state index in [1.807, 2.05) is 12.1 Å². The fourth-order valence-corrected chi connectivity index (χ4v) is 2.61. The molecular weight excluding hydrogens is 320 g/mol. The Balaban J connectivity index is 1.89. The van der Waals surface area contributed by atoms with E-state index in [-0.39, 0.29) is 16.9 Å². The Hall–Kier alpha value is -1.98. The average Bonchev–Trinajstić information content (AvgIpc) is 2.51. The molecule has 1 atom stereocenters. The second kappa shape index (κ2) is 7.87. The third-order valence-corrected chi connectivity index (χ3v) is 4.17. The summed E-state index contributed by atoms with van der Waals surface area (Å²) in [6, 6.07) is 14.1. The summed E-state index contributed by atoms with van der Waals surface area (Å²) in [6.07, 6.45) is 1.41. The van der Waals surface area contributed by atoms with Gasteiger partial charge in [0.25, 0.3) is 5.91 Å². The molecule has 0 aromatic heterocycles. The van der Waals surface area contributed by atoms with Gasteiger partial charge in [-0.25, -0.2) is 5.43 Å². The Morgan fingerprint density at radius 1 is 1.27 bits per heavy atom. The number of nitrogens with zero attached hydrogens (tertiary/aromatic N) is 1. The maximum Gasteiger partial charge on any atom is 0.253 e. The number of carbonyl (C=O) groups excluding carboxylic acids is 1. The van der Waals surface area contributed by atoms with Gasteiger partial charge in [0.1, 0.15) is 5.75 Å². The van der Waals surface area contributed by atoms with Crippen LogP contribution in [0.5, 0.6) is 5.75 Å². The van der Waals surface area contributed by atoms with E-state index in [1.165, 1.54) is 18.0 Å². The van der Waals surface area contributed by atoms with Crippen molar-refractivity contribution in [2.75, 3.05) is 0 Å². The number of phenolic OH excluding ortho intramolecular Hbond substituents is 1. The molecule has 0 unspecified atom stereocenters. The number of amides is 1. The number of nitrogens with one attached hydrogen (secondary N) is 1. The molecule has 0 bridgehead atoms. The minimum Gasteiger partial charge on any atom is -0.507 e. The zero-order valence-electron chi connectivity index (χ0n) is 11.9. The van der Waals surface area contributed by atoms with Crippen molar-refractivity contribution in [3.63, 3.8) is 0 Å². The molecule has 4 nitrogen and oxygen atoms in total. The third-order valence-electron chi connectivity index (χ3n) is 2.81. The van der Waals surface area contributed by atoms with Crippen molar-refractivity contribution in [1.29, 1.82) is 0 Å². The van der Waals surface area contributed by atoms with Gasteiger partial charge in [0, 0.05) is 15.5 Å². The number of hydrogen-bond acceptors (Lipinski definition) is 4. The summed E-state index contributed by atoms with van der Waals surface area (Å²) in [4.78, 5) is 12.9. The second-order valence-electron chi connectivity index (χ2n) is 4.51. The van der Waals surface area contributed by atoms with Gasteiger partial charge >= 0.3 is 0 Å². The topological polar surface area (TPSA) is 61.7 Å². The van der Waals surface area contributed by atoms with Crippen molar-refractivity contribution in [3.8, 4) is 5.75 Å². The van der Waals surface area contributed by atoms with Crippen LogP contribution in [0, 0.1) is 0 Å².